The number of hydrogen-bond acceptors (Lipinski definition) is 10. The van der Waals surface area contributed by atoms with Crippen LogP contribution in [0.2, 0.25) is 0 Å². The van der Waals surface area contributed by atoms with Gasteiger partial charge < -0.3 is 31.3 Å². The van der Waals surface area contributed by atoms with Crippen molar-refractivity contribution in [2.75, 3.05) is 14.1 Å². The quantitative estimate of drug-likeness (QED) is 0.322. The normalized spacial score (nSPS) is 31.4. The molecule has 3 aliphatic carbocycles. The number of benzene rings is 1. The number of primary amides is 1. The van der Waals surface area contributed by atoms with E-state index in [2.05, 4.69) is 0 Å². The molecule has 1 heterocycles. The highest BCUT2D eigenvalue weighted by Crippen LogP contribution is 2.56. The molecule has 11 heteroatoms. The predicted molar refractivity (Wildman–Crippen MR) is 133 cm³/mol. The Morgan fingerprint density at radius 3 is 2.38 bits per heavy atom. The maximum Gasteiger partial charge on any atom is 0.255 e. The van der Waals surface area contributed by atoms with Gasteiger partial charge in [0.15, 0.2) is 11.4 Å². The molecule has 1 aromatic carbocycles. The monoisotopic (exact) mass is 526 g/mol. The van der Waals surface area contributed by atoms with E-state index < -0.39 is 75.6 Å². The van der Waals surface area contributed by atoms with Crippen molar-refractivity contribution in [1.29, 1.82) is 0 Å². The molecule has 2 aromatic rings. The summed E-state index contributed by atoms with van der Waals surface area (Å²) >= 11 is 1.35. The molecule has 3 aliphatic rings. The first-order valence-electron chi connectivity index (χ1n) is 11.6. The zero-order valence-electron chi connectivity index (χ0n) is 20.2. The minimum absolute atomic E-state index is 0.105. The van der Waals surface area contributed by atoms with Gasteiger partial charge in [-0.3, -0.25) is 19.3 Å². The van der Waals surface area contributed by atoms with Crippen LogP contribution in [0, 0.1) is 11.8 Å². The molecule has 5 rings (SSSR count). The second-order valence-corrected chi connectivity index (χ2v) is 10.9. The number of amides is 1. The summed E-state index contributed by atoms with van der Waals surface area (Å²) < 4.78 is 0. The van der Waals surface area contributed by atoms with E-state index in [1.54, 1.807) is 31.2 Å². The average Bonchev–Trinajstić information content (AvgIpc) is 3.35. The number of ketones is 2. The zero-order chi connectivity index (χ0) is 27.1. The molecule has 1 aromatic heterocycles. The lowest BCUT2D eigenvalue weighted by Gasteiger charge is -2.53. The molecule has 0 radical (unpaired) electrons. The first kappa shape index (κ1) is 25.2. The van der Waals surface area contributed by atoms with Crippen LogP contribution in [0.15, 0.2) is 52.3 Å². The number of aromatic hydroxyl groups is 1. The maximum atomic E-state index is 13.8. The van der Waals surface area contributed by atoms with Crippen LogP contribution in [0.4, 0.5) is 0 Å². The summed E-state index contributed by atoms with van der Waals surface area (Å²) in [5.74, 6) is -8.96. The lowest BCUT2D eigenvalue weighted by molar-refractivity contribution is -0.162. The summed E-state index contributed by atoms with van der Waals surface area (Å²) in [6, 6.07) is 5.61. The van der Waals surface area contributed by atoms with Crippen molar-refractivity contribution >= 4 is 28.8 Å². The molecule has 0 saturated heterocycles. The van der Waals surface area contributed by atoms with E-state index >= 15 is 0 Å². The van der Waals surface area contributed by atoms with Crippen LogP contribution in [0.3, 0.4) is 0 Å². The van der Waals surface area contributed by atoms with Crippen LogP contribution >= 0.6 is 11.3 Å². The van der Waals surface area contributed by atoms with Crippen molar-refractivity contribution < 1.29 is 39.9 Å². The fraction of sp³-hybridized carbons (Fsp3) is 0.346. The average molecular weight is 527 g/mol. The van der Waals surface area contributed by atoms with Gasteiger partial charge in [-0.2, -0.15) is 0 Å². The number of fused-ring (bicyclic) bond motifs is 3. The second kappa shape index (κ2) is 8.25. The summed E-state index contributed by atoms with van der Waals surface area (Å²) in [6.07, 6.45) is -1.62. The number of carbonyl (C=O) groups excluding carboxylic acids is 3. The smallest absolute Gasteiger partial charge is 0.255 e. The second-order valence-electron chi connectivity index (χ2n) is 9.95. The predicted octanol–water partition coefficient (Wildman–Crippen LogP) is 1.38. The van der Waals surface area contributed by atoms with Gasteiger partial charge in [0.25, 0.3) is 5.91 Å². The first-order chi connectivity index (χ1) is 17.3. The Hall–Kier alpha value is -3.51. The number of aliphatic hydroxyl groups excluding tert-OH is 3. The summed E-state index contributed by atoms with van der Waals surface area (Å²) in [5.41, 5.74) is 1.77. The number of hydrogen-bond donors (Lipinski definition) is 6. The molecule has 37 heavy (non-hydrogen) atoms. The third-order valence-corrected chi connectivity index (χ3v) is 8.82. The van der Waals surface area contributed by atoms with Crippen LogP contribution < -0.4 is 5.73 Å². The number of rotatable bonds is 3. The molecular formula is C26H26N2O8S. The highest BCUT2D eigenvalue weighted by molar-refractivity contribution is 7.13. The fourth-order valence-corrected chi connectivity index (χ4v) is 7.01. The minimum atomic E-state index is -2.93. The molecule has 7 N–H and O–H groups in total. The van der Waals surface area contributed by atoms with Crippen LogP contribution in [-0.2, 0) is 9.59 Å². The van der Waals surface area contributed by atoms with Gasteiger partial charge in [-0.05, 0) is 43.1 Å². The zero-order valence-corrected chi connectivity index (χ0v) is 21.0. The lowest BCUT2D eigenvalue weighted by Crippen LogP contribution is -2.68. The Morgan fingerprint density at radius 1 is 1.14 bits per heavy atom. The van der Waals surface area contributed by atoms with Gasteiger partial charge in [0.05, 0.1) is 23.6 Å². The SMILES string of the molecule is C[C@H]1c2ccc(-c3cccs3)c(O)c2C(=O)C2=C(O)[C@]3(O)C(=O)C(C(N)=O)=C(O)[C@@H](N(C)C)[C@@H]3[C@@H](O)[C@@H]21. The molecule has 6 atom stereocenters. The lowest BCUT2D eigenvalue weighted by atomic mass is 9.55. The number of nitrogens with zero attached hydrogens (tertiary/aromatic N) is 1. The van der Waals surface area contributed by atoms with Gasteiger partial charge in [0.2, 0.25) is 5.78 Å². The molecule has 0 bridgehead atoms. The van der Waals surface area contributed by atoms with E-state index in [4.69, 9.17) is 5.73 Å². The number of phenolic OH excluding ortho intramolecular Hbond substituents is 1. The Kier molecular flexibility index (Phi) is 5.61. The van der Waals surface area contributed by atoms with Crippen molar-refractivity contribution in [3.8, 4) is 16.2 Å². The molecular weight excluding hydrogens is 500 g/mol. The molecule has 0 fully saturated rings. The molecule has 1 amide bonds. The van der Waals surface area contributed by atoms with Gasteiger partial charge in [-0.1, -0.05) is 19.1 Å². The van der Waals surface area contributed by atoms with Gasteiger partial charge in [-0.25, -0.2) is 0 Å². The van der Waals surface area contributed by atoms with E-state index in [1.807, 2.05) is 5.38 Å². The van der Waals surface area contributed by atoms with Crippen LogP contribution in [0.1, 0.15) is 28.8 Å². The Balaban J connectivity index is 1.79. The summed E-state index contributed by atoms with van der Waals surface area (Å²) in [4.78, 5) is 41.4. The van der Waals surface area contributed by atoms with Crippen molar-refractivity contribution in [3.63, 3.8) is 0 Å². The number of nitrogens with two attached hydrogens (primary N) is 1. The Morgan fingerprint density at radius 2 is 1.81 bits per heavy atom. The van der Waals surface area contributed by atoms with E-state index in [0.29, 0.717) is 16.0 Å². The Labute approximate surface area is 215 Å². The van der Waals surface area contributed by atoms with Crippen LogP contribution in [0.25, 0.3) is 10.4 Å². The minimum Gasteiger partial charge on any atom is -0.510 e. The highest BCUT2D eigenvalue weighted by atomic mass is 32.1. The van der Waals surface area contributed by atoms with E-state index in [9.17, 15) is 39.9 Å². The standard InChI is InChI=1S/C26H26N2O8S/c1-9-10-6-7-11(12-5-4-8-37-12)19(29)14(10)20(30)15-13(9)21(31)17-18(28(2)3)22(32)16(25(27)35)24(34)26(17,36)23(15)33/h4-9,13,17-18,21,29,31-33,36H,1-3H3,(H2,27,35)/t9-,13+,17+,18-,21-,26-/m0/s1. The van der Waals surface area contributed by atoms with E-state index in [0.717, 1.165) is 0 Å². The summed E-state index contributed by atoms with van der Waals surface area (Å²) in [6.45, 7) is 1.70. The number of Topliss-reactive ketones (excluding diaryl/α,β-unsaturated/α-hetero) is 2. The van der Waals surface area contributed by atoms with Crippen molar-refractivity contribution in [1.82, 2.24) is 4.90 Å². The Bertz CT molecular complexity index is 1430. The van der Waals surface area contributed by atoms with Crippen molar-refractivity contribution in [2.45, 2.75) is 30.6 Å². The number of carbonyl (C=O) groups is 3. The molecule has 194 valence electrons. The number of likely N-dealkylation sites (N-methyl/N-ethyl adjacent to an activating group) is 1. The molecule has 0 unspecified atom stereocenters. The van der Waals surface area contributed by atoms with Gasteiger partial charge in [0.1, 0.15) is 22.8 Å². The van der Waals surface area contributed by atoms with Gasteiger partial charge in [-0.15, -0.1) is 11.3 Å². The van der Waals surface area contributed by atoms with Crippen LogP contribution in [0.5, 0.6) is 5.75 Å². The number of thiophene rings is 1. The molecule has 0 spiro atoms. The van der Waals surface area contributed by atoms with Crippen molar-refractivity contribution in [3.05, 3.63) is 63.4 Å². The topological polar surface area (TPSA) is 182 Å². The van der Waals surface area contributed by atoms with Crippen LogP contribution in [-0.4, -0.2) is 79.7 Å². The maximum absolute atomic E-state index is 13.8. The number of aliphatic hydroxyl groups is 4. The highest BCUT2D eigenvalue weighted by Gasteiger charge is 2.67. The third kappa shape index (κ3) is 3.11. The largest absolute Gasteiger partial charge is 0.510 e. The van der Waals surface area contributed by atoms with E-state index in [1.165, 1.54) is 30.3 Å². The molecule has 0 saturated carbocycles. The summed E-state index contributed by atoms with van der Waals surface area (Å²) in [7, 11) is 2.99. The fourth-order valence-electron chi connectivity index (χ4n) is 6.25. The van der Waals surface area contributed by atoms with E-state index in [-0.39, 0.29) is 11.3 Å². The third-order valence-electron chi connectivity index (χ3n) is 7.92. The van der Waals surface area contributed by atoms with Crippen molar-refractivity contribution in [2.24, 2.45) is 17.6 Å². The molecule has 0 aliphatic heterocycles. The van der Waals surface area contributed by atoms with Gasteiger partial charge >= 0.3 is 0 Å². The number of phenols is 1. The first-order valence-corrected chi connectivity index (χ1v) is 12.5. The molecule has 10 nitrogen and oxygen atoms in total. The van der Waals surface area contributed by atoms with Gasteiger partial charge in [0, 0.05) is 21.9 Å². The summed E-state index contributed by atoms with van der Waals surface area (Å²) in [5, 5.41) is 58.5.